The Balaban J connectivity index is 2.63. The average Bonchev–Trinajstić information content (AvgIpc) is 2.35. The summed E-state index contributed by atoms with van der Waals surface area (Å²) in [6, 6.07) is 11.8. The van der Waals surface area contributed by atoms with Crippen molar-refractivity contribution in [2.75, 3.05) is 7.11 Å². The van der Waals surface area contributed by atoms with E-state index in [4.69, 9.17) is 4.74 Å². The zero-order valence-electron chi connectivity index (χ0n) is 10.8. The van der Waals surface area contributed by atoms with Gasteiger partial charge in [-0.3, -0.25) is 0 Å². The number of aliphatic hydroxyl groups is 1. The van der Waals surface area contributed by atoms with Crippen LogP contribution in [-0.2, 0) is 0 Å². The van der Waals surface area contributed by atoms with Crippen molar-refractivity contribution in [1.82, 2.24) is 0 Å². The van der Waals surface area contributed by atoms with Gasteiger partial charge in [0.1, 0.15) is 11.4 Å². The third kappa shape index (κ3) is 2.64. The second kappa shape index (κ2) is 4.72. The van der Waals surface area contributed by atoms with Gasteiger partial charge >= 0.3 is 0 Å². The number of ether oxygens (including phenoxy) is 1. The zero-order chi connectivity index (χ0) is 13.2. The van der Waals surface area contributed by atoms with E-state index >= 15 is 0 Å². The Labute approximate surface area is 107 Å². The minimum Gasteiger partial charge on any atom is -0.496 e. The van der Waals surface area contributed by atoms with Gasteiger partial charge in [-0.05, 0) is 26.0 Å². The monoisotopic (exact) mass is 240 g/mol. The lowest BCUT2D eigenvalue weighted by atomic mass is 10.0. The van der Waals surface area contributed by atoms with E-state index in [9.17, 15) is 5.11 Å². The fraction of sp³-hybridized carbons (Fsp3) is 0.250. The second-order valence-electron chi connectivity index (χ2n) is 4.67. The molecule has 0 aliphatic carbocycles. The molecule has 0 aliphatic heterocycles. The molecule has 0 bridgehead atoms. The van der Waals surface area contributed by atoms with E-state index < -0.39 is 5.60 Å². The minimum absolute atomic E-state index is 0.833. The Morgan fingerprint density at radius 3 is 2.33 bits per heavy atom. The molecule has 0 unspecified atom stereocenters. The second-order valence-corrected chi connectivity index (χ2v) is 4.67. The molecule has 0 amide bonds. The highest BCUT2D eigenvalue weighted by molar-refractivity contribution is 5.93. The number of hydrogen-bond acceptors (Lipinski definition) is 2. The lowest BCUT2D eigenvalue weighted by molar-refractivity contribution is 0.143. The maximum atomic E-state index is 9.65. The van der Waals surface area contributed by atoms with E-state index in [-0.39, 0.29) is 0 Å². The number of rotatable bonds is 1. The van der Waals surface area contributed by atoms with Gasteiger partial charge in [-0.25, -0.2) is 0 Å². The van der Waals surface area contributed by atoms with Crippen LogP contribution in [0.3, 0.4) is 0 Å². The van der Waals surface area contributed by atoms with E-state index in [1.807, 2.05) is 36.4 Å². The zero-order valence-corrected chi connectivity index (χ0v) is 10.8. The molecule has 0 heterocycles. The van der Waals surface area contributed by atoms with Gasteiger partial charge in [0, 0.05) is 16.3 Å². The summed E-state index contributed by atoms with van der Waals surface area (Å²) in [7, 11) is 1.66. The van der Waals surface area contributed by atoms with Gasteiger partial charge in [0.2, 0.25) is 0 Å². The molecular formula is C16H16O2. The number of benzene rings is 2. The van der Waals surface area contributed by atoms with Crippen LogP contribution in [0.4, 0.5) is 0 Å². The van der Waals surface area contributed by atoms with E-state index in [0.717, 1.165) is 22.1 Å². The first-order valence-corrected chi connectivity index (χ1v) is 5.82. The normalized spacial score (nSPS) is 10.9. The van der Waals surface area contributed by atoms with Crippen LogP contribution >= 0.6 is 0 Å². The predicted molar refractivity (Wildman–Crippen MR) is 73.7 cm³/mol. The molecular weight excluding hydrogens is 224 g/mol. The minimum atomic E-state index is -0.985. The fourth-order valence-corrected chi connectivity index (χ4v) is 1.78. The Hall–Kier alpha value is -1.98. The molecule has 0 fully saturated rings. The van der Waals surface area contributed by atoms with Gasteiger partial charge in [-0.1, -0.05) is 36.1 Å². The van der Waals surface area contributed by atoms with Crippen molar-refractivity contribution >= 4 is 10.8 Å². The topological polar surface area (TPSA) is 29.5 Å². The molecule has 92 valence electrons. The van der Waals surface area contributed by atoms with Crippen molar-refractivity contribution in [3.8, 4) is 17.6 Å². The molecule has 2 heteroatoms. The number of hydrogen-bond donors (Lipinski definition) is 1. The van der Waals surface area contributed by atoms with Crippen LogP contribution in [0.5, 0.6) is 5.75 Å². The molecule has 2 nitrogen and oxygen atoms in total. The summed E-state index contributed by atoms with van der Waals surface area (Å²) in [6.07, 6.45) is 0. The summed E-state index contributed by atoms with van der Waals surface area (Å²) in [6.45, 7) is 3.34. The van der Waals surface area contributed by atoms with Gasteiger partial charge in [0.05, 0.1) is 7.11 Å². The summed E-state index contributed by atoms with van der Waals surface area (Å²) in [5.74, 6) is 6.69. The summed E-state index contributed by atoms with van der Waals surface area (Å²) in [4.78, 5) is 0. The first kappa shape index (κ1) is 12.5. The van der Waals surface area contributed by atoms with Crippen LogP contribution in [0.15, 0.2) is 36.4 Å². The van der Waals surface area contributed by atoms with E-state index in [0.29, 0.717) is 0 Å². The summed E-state index contributed by atoms with van der Waals surface area (Å²) in [5, 5.41) is 11.7. The first-order valence-electron chi connectivity index (χ1n) is 5.82. The lowest BCUT2D eigenvalue weighted by Crippen LogP contribution is -2.14. The quantitative estimate of drug-likeness (QED) is 0.776. The molecule has 18 heavy (non-hydrogen) atoms. The molecule has 2 rings (SSSR count). The Morgan fingerprint density at radius 1 is 1.06 bits per heavy atom. The Morgan fingerprint density at radius 2 is 1.72 bits per heavy atom. The highest BCUT2D eigenvalue weighted by atomic mass is 16.5. The van der Waals surface area contributed by atoms with Crippen molar-refractivity contribution in [2.45, 2.75) is 19.4 Å². The van der Waals surface area contributed by atoms with Crippen LogP contribution in [0.25, 0.3) is 10.8 Å². The van der Waals surface area contributed by atoms with E-state index in [1.165, 1.54) is 0 Å². The molecule has 0 saturated heterocycles. The standard InChI is InChI=1S/C16H16O2/c1-16(2,17)11-10-12-8-9-15(18-3)14-7-5-4-6-13(12)14/h4-9,17H,1-3H3. The van der Waals surface area contributed by atoms with Crippen molar-refractivity contribution < 1.29 is 9.84 Å². The molecule has 0 atom stereocenters. The summed E-state index contributed by atoms with van der Waals surface area (Å²) >= 11 is 0. The highest BCUT2D eigenvalue weighted by Gasteiger charge is 2.07. The Kier molecular flexibility index (Phi) is 3.27. The van der Waals surface area contributed by atoms with E-state index in [2.05, 4.69) is 11.8 Å². The van der Waals surface area contributed by atoms with Crippen molar-refractivity contribution in [3.05, 3.63) is 42.0 Å². The maximum Gasteiger partial charge on any atom is 0.126 e. The van der Waals surface area contributed by atoms with Crippen molar-refractivity contribution in [2.24, 2.45) is 0 Å². The molecule has 0 radical (unpaired) electrons. The molecule has 0 aliphatic rings. The van der Waals surface area contributed by atoms with Gasteiger partial charge in [-0.2, -0.15) is 0 Å². The SMILES string of the molecule is COc1ccc(C#CC(C)(C)O)c2ccccc12. The predicted octanol–water partition coefficient (Wildman–Crippen LogP) is 2.97. The van der Waals surface area contributed by atoms with Gasteiger partial charge in [0.15, 0.2) is 0 Å². The van der Waals surface area contributed by atoms with Crippen LogP contribution in [0, 0.1) is 11.8 Å². The maximum absolute atomic E-state index is 9.65. The largest absolute Gasteiger partial charge is 0.496 e. The molecule has 2 aromatic carbocycles. The fourth-order valence-electron chi connectivity index (χ4n) is 1.78. The Bertz CT molecular complexity index is 625. The molecule has 0 saturated carbocycles. The molecule has 0 aromatic heterocycles. The lowest BCUT2D eigenvalue weighted by Gasteiger charge is -2.08. The smallest absolute Gasteiger partial charge is 0.126 e. The van der Waals surface area contributed by atoms with Gasteiger partial charge in [0.25, 0.3) is 0 Å². The van der Waals surface area contributed by atoms with Crippen LogP contribution in [0.1, 0.15) is 19.4 Å². The number of fused-ring (bicyclic) bond motifs is 1. The summed E-state index contributed by atoms with van der Waals surface area (Å²) < 4.78 is 5.33. The summed E-state index contributed by atoms with van der Waals surface area (Å²) in [5.41, 5.74) is -0.0883. The first-order chi connectivity index (χ1) is 8.51. The van der Waals surface area contributed by atoms with Crippen molar-refractivity contribution in [3.63, 3.8) is 0 Å². The molecule has 1 N–H and O–H groups in total. The van der Waals surface area contributed by atoms with Gasteiger partial charge in [-0.15, -0.1) is 0 Å². The van der Waals surface area contributed by atoms with Crippen LogP contribution in [0.2, 0.25) is 0 Å². The van der Waals surface area contributed by atoms with E-state index in [1.54, 1.807) is 21.0 Å². The highest BCUT2D eigenvalue weighted by Crippen LogP contribution is 2.27. The molecule has 2 aromatic rings. The third-order valence-electron chi connectivity index (χ3n) is 2.61. The van der Waals surface area contributed by atoms with Gasteiger partial charge < -0.3 is 9.84 Å². The molecule has 0 spiro atoms. The third-order valence-corrected chi connectivity index (χ3v) is 2.61. The van der Waals surface area contributed by atoms with Crippen molar-refractivity contribution in [1.29, 1.82) is 0 Å². The van der Waals surface area contributed by atoms with Crippen LogP contribution < -0.4 is 4.74 Å². The van der Waals surface area contributed by atoms with Crippen LogP contribution in [-0.4, -0.2) is 17.8 Å². The number of methoxy groups -OCH3 is 1. The average molecular weight is 240 g/mol.